The van der Waals surface area contributed by atoms with Gasteiger partial charge in [0.15, 0.2) is 0 Å². The summed E-state index contributed by atoms with van der Waals surface area (Å²) in [4.78, 5) is 8.85. The van der Waals surface area contributed by atoms with E-state index in [0.29, 0.717) is 22.9 Å². The van der Waals surface area contributed by atoms with Crippen LogP contribution in [0.2, 0.25) is 5.28 Å². The molecule has 5 nitrogen and oxygen atoms in total. The number of aromatic nitrogens is 2. The van der Waals surface area contributed by atoms with Crippen molar-refractivity contribution in [1.82, 2.24) is 9.97 Å². The first-order valence-corrected chi connectivity index (χ1v) is 7.67. The van der Waals surface area contributed by atoms with Crippen molar-refractivity contribution in [2.24, 2.45) is 0 Å². The van der Waals surface area contributed by atoms with Crippen LogP contribution in [0.5, 0.6) is 0 Å². The maximum atomic E-state index is 11.9. The molecule has 2 heterocycles. The number of anilines is 1. The van der Waals surface area contributed by atoms with Crippen LogP contribution in [-0.4, -0.2) is 37.7 Å². The summed E-state index contributed by atoms with van der Waals surface area (Å²) in [6.45, 7) is 2.05. The van der Waals surface area contributed by atoms with Crippen LogP contribution >= 0.6 is 11.6 Å². The summed E-state index contributed by atoms with van der Waals surface area (Å²) in [5, 5.41) is 12.6. The first-order chi connectivity index (χ1) is 8.65. The number of aliphatic hydroxyl groups excluding tert-OH is 1. The summed E-state index contributed by atoms with van der Waals surface area (Å²) >= 11 is 5.86. The van der Waals surface area contributed by atoms with Crippen LogP contribution in [0, 0.1) is 0 Å². The Hall–Kier alpha value is -0.720. The maximum absolute atomic E-state index is 11.9. The lowest BCUT2D eigenvalue weighted by molar-refractivity contribution is 0.268. The Morgan fingerprint density at radius 3 is 3.00 bits per heavy atom. The van der Waals surface area contributed by atoms with Gasteiger partial charge in [0.25, 0.3) is 0 Å². The highest BCUT2D eigenvalue weighted by molar-refractivity contribution is 7.85. The average Bonchev–Trinajstić information content (AvgIpc) is 2.70. The van der Waals surface area contributed by atoms with Crippen LogP contribution < -0.4 is 5.32 Å². The molecule has 0 fully saturated rings. The number of aliphatic hydroxyl groups is 1. The van der Waals surface area contributed by atoms with Crippen LogP contribution in [0.4, 0.5) is 5.82 Å². The lowest BCUT2D eigenvalue weighted by Gasteiger charge is -2.17. The Labute approximate surface area is 113 Å². The second kappa shape index (κ2) is 5.95. The molecule has 1 unspecified atom stereocenters. The van der Waals surface area contributed by atoms with Crippen LogP contribution in [0.3, 0.4) is 0 Å². The predicted octanol–water partition coefficient (Wildman–Crippen LogP) is 1.37. The Morgan fingerprint density at radius 2 is 2.33 bits per heavy atom. The van der Waals surface area contributed by atoms with Gasteiger partial charge in [-0.05, 0) is 18.0 Å². The first kappa shape index (κ1) is 13.7. The number of hydrogen-bond donors (Lipinski definition) is 2. The molecule has 1 aromatic rings. The molecule has 7 heteroatoms. The summed E-state index contributed by atoms with van der Waals surface area (Å²) in [5.41, 5.74) is 0.754. The van der Waals surface area contributed by atoms with E-state index >= 15 is 0 Å². The van der Waals surface area contributed by atoms with Crippen molar-refractivity contribution in [2.45, 2.75) is 37.1 Å². The van der Waals surface area contributed by atoms with Gasteiger partial charge in [-0.15, -0.1) is 0 Å². The van der Waals surface area contributed by atoms with Crippen molar-refractivity contribution in [3.63, 3.8) is 0 Å². The average molecular weight is 290 g/mol. The molecule has 2 N–H and O–H groups in total. The molecule has 0 saturated carbocycles. The third-order valence-electron chi connectivity index (χ3n) is 2.86. The standard InChI is InChI=1S/C11H16ClN3O2S/c1-2-3-7(6-16)13-10-9-8(4-5-18(9)17)14-11(12)15-10/h7,16H,2-6H2,1H3,(H,13,14,15)/t7-,18?/m1/s1. The highest BCUT2D eigenvalue weighted by Gasteiger charge is 2.26. The van der Waals surface area contributed by atoms with E-state index in [-0.39, 0.29) is 17.9 Å². The molecule has 0 bridgehead atoms. The molecule has 1 aliphatic heterocycles. The summed E-state index contributed by atoms with van der Waals surface area (Å²) in [5.74, 6) is 1.07. The van der Waals surface area contributed by atoms with Gasteiger partial charge in [-0.1, -0.05) is 13.3 Å². The number of aryl methyl sites for hydroxylation is 1. The largest absolute Gasteiger partial charge is 0.394 e. The number of rotatable bonds is 5. The van der Waals surface area contributed by atoms with Gasteiger partial charge in [-0.3, -0.25) is 4.21 Å². The smallest absolute Gasteiger partial charge is 0.224 e. The van der Waals surface area contributed by atoms with Gasteiger partial charge in [0.05, 0.1) is 29.1 Å². The summed E-state index contributed by atoms with van der Waals surface area (Å²) < 4.78 is 11.9. The van der Waals surface area contributed by atoms with Gasteiger partial charge in [-0.25, -0.2) is 4.98 Å². The molecule has 18 heavy (non-hydrogen) atoms. The molecule has 2 atom stereocenters. The molecule has 0 aromatic carbocycles. The fraction of sp³-hybridized carbons (Fsp3) is 0.636. The van der Waals surface area contributed by atoms with Crippen molar-refractivity contribution in [3.8, 4) is 0 Å². The molecule has 0 radical (unpaired) electrons. The summed E-state index contributed by atoms with van der Waals surface area (Å²) in [6, 6.07) is -0.0948. The normalized spacial score (nSPS) is 19.6. The van der Waals surface area contributed by atoms with Gasteiger partial charge in [-0.2, -0.15) is 4.98 Å². The van der Waals surface area contributed by atoms with Gasteiger partial charge < -0.3 is 10.4 Å². The van der Waals surface area contributed by atoms with Gasteiger partial charge in [0.2, 0.25) is 5.28 Å². The molecule has 1 aromatic heterocycles. The lowest BCUT2D eigenvalue weighted by atomic mass is 10.2. The van der Waals surface area contributed by atoms with E-state index in [9.17, 15) is 9.32 Å². The minimum absolute atomic E-state index is 0.0108. The third-order valence-corrected chi connectivity index (χ3v) is 4.49. The number of fused-ring (bicyclic) bond motifs is 1. The van der Waals surface area contributed by atoms with E-state index in [4.69, 9.17) is 11.6 Å². The topological polar surface area (TPSA) is 75.1 Å². The molecule has 0 spiro atoms. The van der Waals surface area contributed by atoms with Crippen molar-refractivity contribution < 1.29 is 9.32 Å². The predicted molar refractivity (Wildman–Crippen MR) is 71.4 cm³/mol. The van der Waals surface area contributed by atoms with Gasteiger partial charge in [0.1, 0.15) is 10.7 Å². The number of hydrogen-bond acceptors (Lipinski definition) is 5. The third kappa shape index (κ3) is 2.81. The molecular weight excluding hydrogens is 274 g/mol. The van der Waals surface area contributed by atoms with Crippen LogP contribution in [-0.2, 0) is 17.2 Å². The number of halogens is 1. The fourth-order valence-electron chi connectivity index (χ4n) is 2.02. The monoisotopic (exact) mass is 289 g/mol. The fourth-order valence-corrected chi connectivity index (χ4v) is 3.52. The van der Waals surface area contributed by atoms with Crippen LogP contribution in [0.1, 0.15) is 25.5 Å². The Kier molecular flexibility index (Phi) is 4.53. The highest BCUT2D eigenvalue weighted by Crippen LogP contribution is 2.29. The van der Waals surface area contributed by atoms with Crippen LogP contribution in [0.15, 0.2) is 4.90 Å². The Balaban J connectivity index is 2.30. The van der Waals surface area contributed by atoms with E-state index in [2.05, 4.69) is 15.3 Å². The zero-order valence-electron chi connectivity index (χ0n) is 10.1. The Bertz CT molecular complexity index is 470. The van der Waals surface area contributed by atoms with Crippen molar-refractivity contribution in [2.75, 3.05) is 17.7 Å². The zero-order chi connectivity index (χ0) is 13.1. The van der Waals surface area contributed by atoms with E-state index in [1.807, 2.05) is 6.92 Å². The zero-order valence-corrected chi connectivity index (χ0v) is 11.7. The van der Waals surface area contributed by atoms with Gasteiger partial charge >= 0.3 is 0 Å². The summed E-state index contributed by atoms with van der Waals surface area (Å²) in [6.07, 6.45) is 2.43. The second-order valence-corrected chi connectivity index (χ2v) is 6.07. The SMILES string of the molecule is CCC[C@H](CO)Nc1nc(Cl)nc2c1S(=O)CC2. The van der Waals surface area contributed by atoms with E-state index in [0.717, 1.165) is 18.5 Å². The van der Waals surface area contributed by atoms with Gasteiger partial charge in [0, 0.05) is 12.2 Å². The summed E-state index contributed by atoms with van der Waals surface area (Å²) in [7, 11) is -1.07. The van der Waals surface area contributed by atoms with E-state index < -0.39 is 10.8 Å². The molecule has 0 saturated heterocycles. The molecule has 0 aliphatic carbocycles. The van der Waals surface area contributed by atoms with E-state index in [1.54, 1.807) is 0 Å². The lowest BCUT2D eigenvalue weighted by Crippen LogP contribution is -2.25. The minimum Gasteiger partial charge on any atom is -0.394 e. The van der Waals surface area contributed by atoms with Crippen molar-refractivity contribution >= 4 is 28.2 Å². The number of nitrogens with zero attached hydrogens (tertiary/aromatic N) is 2. The van der Waals surface area contributed by atoms with Crippen molar-refractivity contribution in [3.05, 3.63) is 11.0 Å². The second-order valence-electron chi connectivity index (χ2n) is 4.23. The molecule has 1 aliphatic rings. The molecule has 2 rings (SSSR count). The van der Waals surface area contributed by atoms with E-state index in [1.165, 1.54) is 0 Å². The Morgan fingerprint density at radius 1 is 1.56 bits per heavy atom. The van der Waals surface area contributed by atoms with Crippen molar-refractivity contribution in [1.29, 1.82) is 0 Å². The molecule has 0 amide bonds. The first-order valence-electron chi connectivity index (χ1n) is 5.97. The highest BCUT2D eigenvalue weighted by atomic mass is 35.5. The number of nitrogens with one attached hydrogen (secondary N) is 1. The quantitative estimate of drug-likeness (QED) is 0.801. The van der Waals surface area contributed by atoms with Crippen LogP contribution in [0.25, 0.3) is 0 Å². The minimum atomic E-state index is -1.07. The maximum Gasteiger partial charge on any atom is 0.224 e. The molecular formula is C11H16ClN3O2S. The molecule has 100 valence electrons.